The van der Waals surface area contributed by atoms with Crippen LogP contribution in [0.3, 0.4) is 0 Å². The number of aromatic nitrogens is 2. The number of hydrogen-bond acceptors (Lipinski definition) is 4. The fourth-order valence-corrected chi connectivity index (χ4v) is 0.908. The normalized spacial score (nSPS) is 9.92. The van der Waals surface area contributed by atoms with Crippen molar-refractivity contribution in [2.45, 2.75) is 13.8 Å². The molecule has 0 bridgehead atoms. The molecule has 0 spiro atoms. The minimum atomic E-state index is 0.415. The van der Waals surface area contributed by atoms with Crippen molar-refractivity contribution in [3.8, 4) is 6.01 Å². The van der Waals surface area contributed by atoms with Crippen molar-refractivity contribution in [2.24, 2.45) is 5.73 Å². The molecule has 12 heavy (non-hydrogen) atoms. The van der Waals surface area contributed by atoms with E-state index in [2.05, 4.69) is 9.97 Å². The third-order valence-corrected chi connectivity index (χ3v) is 1.31. The summed E-state index contributed by atoms with van der Waals surface area (Å²) in [4.78, 5) is 8.17. The number of hydrogen-bond donors (Lipinski definition) is 1. The van der Waals surface area contributed by atoms with E-state index in [1.807, 2.05) is 19.9 Å². The van der Waals surface area contributed by atoms with Crippen LogP contribution in [0.15, 0.2) is 6.07 Å². The van der Waals surface area contributed by atoms with E-state index in [0.29, 0.717) is 19.2 Å². The highest BCUT2D eigenvalue weighted by Crippen LogP contribution is 2.05. The first kappa shape index (κ1) is 8.93. The lowest BCUT2D eigenvalue weighted by molar-refractivity contribution is 0.300. The van der Waals surface area contributed by atoms with E-state index >= 15 is 0 Å². The van der Waals surface area contributed by atoms with Crippen LogP contribution in [-0.4, -0.2) is 23.1 Å². The van der Waals surface area contributed by atoms with Gasteiger partial charge in [-0.3, -0.25) is 0 Å². The Kier molecular flexibility index (Phi) is 2.99. The van der Waals surface area contributed by atoms with Crippen molar-refractivity contribution in [1.29, 1.82) is 0 Å². The van der Waals surface area contributed by atoms with Crippen LogP contribution < -0.4 is 10.5 Å². The van der Waals surface area contributed by atoms with Gasteiger partial charge in [-0.05, 0) is 19.9 Å². The van der Waals surface area contributed by atoms with Crippen molar-refractivity contribution >= 4 is 0 Å². The number of rotatable bonds is 3. The van der Waals surface area contributed by atoms with E-state index in [1.165, 1.54) is 0 Å². The summed E-state index contributed by atoms with van der Waals surface area (Å²) >= 11 is 0. The molecule has 2 N–H and O–H groups in total. The number of ether oxygens (including phenoxy) is 1. The molecular formula is C8H13N3O. The van der Waals surface area contributed by atoms with Crippen molar-refractivity contribution in [2.75, 3.05) is 13.2 Å². The summed E-state index contributed by atoms with van der Waals surface area (Å²) in [7, 11) is 0. The van der Waals surface area contributed by atoms with Gasteiger partial charge in [-0.1, -0.05) is 0 Å². The predicted octanol–water partition coefficient (Wildman–Crippen LogP) is 0.431. The van der Waals surface area contributed by atoms with Crippen LogP contribution in [0.2, 0.25) is 0 Å². The van der Waals surface area contributed by atoms with Gasteiger partial charge in [0.2, 0.25) is 0 Å². The Labute approximate surface area is 71.8 Å². The van der Waals surface area contributed by atoms with Gasteiger partial charge < -0.3 is 10.5 Å². The van der Waals surface area contributed by atoms with Crippen molar-refractivity contribution in [3.05, 3.63) is 17.5 Å². The fourth-order valence-electron chi connectivity index (χ4n) is 0.908. The summed E-state index contributed by atoms with van der Waals surface area (Å²) in [5.41, 5.74) is 7.10. The molecular weight excluding hydrogens is 154 g/mol. The molecule has 0 aromatic carbocycles. The first-order valence-electron chi connectivity index (χ1n) is 3.87. The van der Waals surface area contributed by atoms with Crippen molar-refractivity contribution in [1.82, 2.24) is 9.97 Å². The summed E-state index contributed by atoms with van der Waals surface area (Å²) < 4.78 is 5.17. The van der Waals surface area contributed by atoms with E-state index in [1.54, 1.807) is 0 Å². The second-order valence-corrected chi connectivity index (χ2v) is 2.57. The molecule has 0 saturated carbocycles. The standard InChI is InChI=1S/C8H13N3O/c1-6-5-7(2)11-8(10-6)12-4-3-9/h5H,3-4,9H2,1-2H3. The van der Waals surface area contributed by atoms with Crippen molar-refractivity contribution in [3.63, 3.8) is 0 Å². The Morgan fingerprint density at radius 1 is 1.33 bits per heavy atom. The summed E-state index contributed by atoms with van der Waals surface area (Å²) in [5.74, 6) is 0. The molecule has 0 aliphatic carbocycles. The topological polar surface area (TPSA) is 61.0 Å². The summed E-state index contributed by atoms with van der Waals surface area (Å²) in [6, 6.07) is 2.31. The highest BCUT2D eigenvalue weighted by molar-refractivity contribution is 5.10. The minimum Gasteiger partial charge on any atom is -0.462 e. The Morgan fingerprint density at radius 2 is 1.92 bits per heavy atom. The van der Waals surface area contributed by atoms with Gasteiger partial charge in [0, 0.05) is 17.9 Å². The van der Waals surface area contributed by atoms with Crippen LogP contribution in [0.5, 0.6) is 6.01 Å². The lowest BCUT2D eigenvalue weighted by atomic mass is 10.4. The van der Waals surface area contributed by atoms with Crippen molar-refractivity contribution < 1.29 is 4.74 Å². The second kappa shape index (κ2) is 4.01. The zero-order valence-electron chi connectivity index (χ0n) is 7.37. The van der Waals surface area contributed by atoms with E-state index < -0.39 is 0 Å². The van der Waals surface area contributed by atoms with E-state index in [4.69, 9.17) is 10.5 Å². The number of nitrogens with zero attached hydrogens (tertiary/aromatic N) is 2. The highest BCUT2D eigenvalue weighted by atomic mass is 16.5. The van der Waals surface area contributed by atoms with Gasteiger partial charge in [-0.25, -0.2) is 9.97 Å². The minimum absolute atomic E-state index is 0.415. The van der Waals surface area contributed by atoms with Gasteiger partial charge >= 0.3 is 6.01 Å². The summed E-state index contributed by atoms with van der Waals surface area (Å²) in [6.45, 7) is 4.76. The third kappa shape index (κ3) is 2.47. The van der Waals surface area contributed by atoms with Crippen LogP contribution in [0.25, 0.3) is 0 Å². The Bertz CT molecular complexity index is 242. The second-order valence-electron chi connectivity index (χ2n) is 2.57. The van der Waals surface area contributed by atoms with Gasteiger partial charge in [0.1, 0.15) is 6.61 Å². The predicted molar refractivity (Wildman–Crippen MR) is 46.1 cm³/mol. The number of aryl methyl sites for hydroxylation is 2. The molecule has 0 unspecified atom stereocenters. The molecule has 0 aliphatic heterocycles. The quantitative estimate of drug-likeness (QED) is 0.709. The average Bonchev–Trinajstić information content (AvgIpc) is 1.99. The van der Waals surface area contributed by atoms with Gasteiger partial charge in [0.05, 0.1) is 0 Å². The summed E-state index contributed by atoms with van der Waals surface area (Å²) in [5, 5.41) is 0. The Balaban J connectivity index is 2.72. The Morgan fingerprint density at radius 3 is 2.42 bits per heavy atom. The molecule has 0 radical (unpaired) electrons. The molecule has 0 fully saturated rings. The van der Waals surface area contributed by atoms with E-state index in [0.717, 1.165) is 11.4 Å². The number of nitrogens with two attached hydrogens (primary N) is 1. The molecule has 1 aromatic heterocycles. The van der Waals surface area contributed by atoms with Crippen LogP contribution in [0.1, 0.15) is 11.4 Å². The molecule has 0 amide bonds. The molecule has 0 atom stereocenters. The Hall–Kier alpha value is -1.16. The van der Waals surface area contributed by atoms with E-state index in [9.17, 15) is 0 Å². The largest absolute Gasteiger partial charge is 0.462 e. The molecule has 4 heteroatoms. The first-order valence-corrected chi connectivity index (χ1v) is 3.87. The van der Waals surface area contributed by atoms with Gasteiger partial charge in [0.25, 0.3) is 0 Å². The van der Waals surface area contributed by atoms with Crippen LogP contribution in [-0.2, 0) is 0 Å². The summed E-state index contributed by atoms with van der Waals surface area (Å²) in [6.07, 6.45) is 0. The maximum Gasteiger partial charge on any atom is 0.316 e. The molecule has 1 aromatic rings. The third-order valence-electron chi connectivity index (χ3n) is 1.31. The smallest absolute Gasteiger partial charge is 0.316 e. The van der Waals surface area contributed by atoms with Gasteiger partial charge in [0.15, 0.2) is 0 Å². The first-order chi connectivity index (χ1) is 5.72. The zero-order valence-corrected chi connectivity index (χ0v) is 7.37. The lowest BCUT2D eigenvalue weighted by Gasteiger charge is -2.03. The van der Waals surface area contributed by atoms with Crippen LogP contribution in [0, 0.1) is 13.8 Å². The van der Waals surface area contributed by atoms with Crippen LogP contribution in [0.4, 0.5) is 0 Å². The van der Waals surface area contributed by atoms with Gasteiger partial charge in [-0.15, -0.1) is 0 Å². The molecule has 1 rings (SSSR count). The van der Waals surface area contributed by atoms with E-state index in [-0.39, 0.29) is 0 Å². The molecule has 66 valence electrons. The highest BCUT2D eigenvalue weighted by Gasteiger charge is 1.98. The van der Waals surface area contributed by atoms with Crippen LogP contribution >= 0.6 is 0 Å². The average molecular weight is 167 g/mol. The SMILES string of the molecule is Cc1cc(C)nc(OCCN)n1. The lowest BCUT2D eigenvalue weighted by Crippen LogP contribution is -2.12. The molecule has 0 aliphatic rings. The van der Waals surface area contributed by atoms with Gasteiger partial charge in [-0.2, -0.15) is 0 Å². The molecule has 0 saturated heterocycles. The maximum atomic E-state index is 5.27. The maximum absolute atomic E-state index is 5.27. The zero-order chi connectivity index (χ0) is 8.97. The molecule has 4 nitrogen and oxygen atoms in total. The monoisotopic (exact) mass is 167 g/mol. The molecule has 1 heterocycles. The fraction of sp³-hybridized carbons (Fsp3) is 0.500.